The van der Waals surface area contributed by atoms with Gasteiger partial charge >= 0.3 is 0 Å². The summed E-state index contributed by atoms with van der Waals surface area (Å²) in [5, 5.41) is 2.95. The van der Waals surface area contributed by atoms with Crippen LogP contribution in [-0.4, -0.2) is 59.6 Å². The van der Waals surface area contributed by atoms with Gasteiger partial charge in [0.2, 0.25) is 0 Å². The molecule has 3 aromatic rings. The van der Waals surface area contributed by atoms with Crippen LogP contribution < -0.4 is 10.1 Å². The molecule has 3 heterocycles. The molecule has 1 aromatic carbocycles. The number of hydrogen-bond donors (Lipinski definition) is 1. The van der Waals surface area contributed by atoms with Gasteiger partial charge in [-0.2, -0.15) is 0 Å². The van der Waals surface area contributed by atoms with Crippen molar-refractivity contribution < 1.29 is 14.3 Å². The first kappa shape index (κ1) is 20.4. The molecule has 1 amide bonds. The van der Waals surface area contributed by atoms with Crippen LogP contribution in [-0.2, 0) is 4.74 Å². The third-order valence-corrected chi connectivity index (χ3v) is 5.29. The maximum atomic E-state index is 12.7. The highest BCUT2D eigenvalue weighted by molar-refractivity contribution is 6.08. The minimum absolute atomic E-state index is 0.172. The van der Waals surface area contributed by atoms with Gasteiger partial charge in [0, 0.05) is 42.9 Å². The lowest BCUT2D eigenvalue weighted by Crippen LogP contribution is -2.37. The minimum atomic E-state index is -0.172. The fourth-order valence-electron chi connectivity index (χ4n) is 3.71. The molecule has 0 spiro atoms. The highest BCUT2D eigenvalue weighted by Crippen LogP contribution is 2.19. The second-order valence-corrected chi connectivity index (χ2v) is 7.60. The first-order valence-corrected chi connectivity index (χ1v) is 10.4. The summed E-state index contributed by atoms with van der Waals surface area (Å²) in [6, 6.07) is 11.3. The quantitative estimate of drug-likeness (QED) is 0.608. The zero-order valence-electron chi connectivity index (χ0n) is 17.6. The van der Waals surface area contributed by atoms with Gasteiger partial charge in [0.05, 0.1) is 25.4 Å². The van der Waals surface area contributed by atoms with E-state index in [0.717, 1.165) is 62.1 Å². The lowest BCUT2D eigenvalue weighted by molar-refractivity contribution is 0.0358. The number of carbonyl (C=O) groups is 1. The van der Waals surface area contributed by atoms with Crippen LogP contribution in [0.3, 0.4) is 0 Å². The molecule has 30 heavy (non-hydrogen) atoms. The van der Waals surface area contributed by atoms with E-state index in [2.05, 4.69) is 15.2 Å². The van der Waals surface area contributed by atoms with E-state index in [4.69, 9.17) is 9.47 Å². The number of aryl methyl sites for hydroxylation is 2. The van der Waals surface area contributed by atoms with E-state index in [9.17, 15) is 4.79 Å². The van der Waals surface area contributed by atoms with Crippen LogP contribution in [0.25, 0.3) is 5.65 Å². The summed E-state index contributed by atoms with van der Waals surface area (Å²) in [7, 11) is 0. The zero-order chi connectivity index (χ0) is 20.9. The van der Waals surface area contributed by atoms with Crippen molar-refractivity contribution in [3.8, 4) is 5.75 Å². The summed E-state index contributed by atoms with van der Waals surface area (Å²) in [6.45, 7) is 9.27. The van der Waals surface area contributed by atoms with E-state index in [1.54, 1.807) is 6.07 Å². The Labute approximate surface area is 176 Å². The molecule has 7 heteroatoms. The lowest BCUT2D eigenvalue weighted by atomic mass is 10.2. The van der Waals surface area contributed by atoms with E-state index in [-0.39, 0.29) is 5.91 Å². The van der Waals surface area contributed by atoms with Crippen LogP contribution in [0.5, 0.6) is 5.75 Å². The molecule has 4 rings (SSSR count). The average Bonchev–Trinajstić information content (AvgIpc) is 3.17. The molecule has 2 aromatic heterocycles. The summed E-state index contributed by atoms with van der Waals surface area (Å²) in [5.74, 6) is 0.631. The van der Waals surface area contributed by atoms with Crippen molar-refractivity contribution in [2.45, 2.75) is 20.3 Å². The van der Waals surface area contributed by atoms with E-state index < -0.39 is 0 Å². The molecule has 1 saturated heterocycles. The summed E-state index contributed by atoms with van der Waals surface area (Å²) in [4.78, 5) is 19.7. The Kier molecular flexibility index (Phi) is 6.30. The molecule has 158 valence electrons. The Morgan fingerprint density at radius 1 is 1.17 bits per heavy atom. The predicted octanol–water partition coefficient (Wildman–Crippen LogP) is 3.30. The van der Waals surface area contributed by atoms with E-state index >= 15 is 0 Å². The number of anilines is 1. The van der Waals surface area contributed by atoms with E-state index in [1.807, 2.05) is 54.8 Å². The Morgan fingerprint density at radius 2 is 1.93 bits per heavy atom. The normalized spacial score (nSPS) is 14.7. The van der Waals surface area contributed by atoms with E-state index in [1.165, 1.54) is 0 Å². The SMILES string of the molecule is Cc1cc(C)n2ccc(C(=O)Nc3ccc(OCCCN4CCOCC4)cc3)c2n1. The number of hydrogen-bond acceptors (Lipinski definition) is 5. The molecular weight excluding hydrogens is 380 g/mol. The number of carbonyl (C=O) groups excluding carboxylic acids is 1. The standard InChI is InChI=1S/C23H28N4O3/c1-17-16-18(2)27-10-8-21(22(27)24-17)23(28)25-19-4-6-20(7-5-19)30-13-3-9-26-11-14-29-15-12-26/h4-8,10,16H,3,9,11-15H2,1-2H3,(H,25,28). The van der Waals surface area contributed by atoms with Crippen LogP contribution in [0.1, 0.15) is 28.2 Å². The molecule has 0 radical (unpaired) electrons. The zero-order valence-corrected chi connectivity index (χ0v) is 17.6. The Hall–Kier alpha value is -2.90. The smallest absolute Gasteiger partial charge is 0.259 e. The number of amides is 1. The van der Waals surface area contributed by atoms with Gasteiger partial charge in [-0.1, -0.05) is 0 Å². The van der Waals surface area contributed by atoms with Gasteiger partial charge in [0.15, 0.2) is 0 Å². The fourth-order valence-corrected chi connectivity index (χ4v) is 3.71. The Morgan fingerprint density at radius 3 is 2.70 bits per heavy atom. The van der Waals surface area contributed by atoms with Gasteiger partial charge in [-0.25, -0.2) is 4.98 Å². The second-order valence-electron chi connectivity index (χ2n) is 7.60. The number of nitrogens with zero attached hydrogens (tertiary/aromatic N) is 3. The molecular formula is C23H28N4O3. The van der Waals surface area contributed by atoms with Crippen LogP contribution in [0.4, 0.5) is 5.69 Å². The molecule has 0 atom stereocenters. The van der Waals surface area contributed by atoms with Crippen LogP contribution in [0.15, 0.2) is 42.6 Å². The third kappa shape index (κ3) is 4.80. The molecule has 0 saturated carbocycles. The molecule has 0 bridgehead atoms. The summed E-state index contributed by atoms with van der Waals surface area (Å²) < 4.78 is 13.1. The average molecular weight is 409 g/mol. The number of aromatic nitrogens is 2. The summed E-state index contributed by atoms with van der Waals surface area (Å²) >= 11 is 0. The fraction of sp³-hybridized carbons (Fsp3) is 0.391. The first-order chi connectivity index (χ1) is 14.6. The molecule has 1 aliphatic rings. The molecule has 1 fully saturated rings. The number of ether oxygens (including phenoxy) is 2. The summed E-state index contributed by atoms with van der Waals surface area (Å²) in [6.07, 6.45) is 2.85. The maximum Gasteiger partial charge on any atom is 0.259 e. The molecule has 7 nitrogen and oxygen atoms in total. The summed E-state index contributed by atoms with van der Waals surface area (Å²) in [5.41, 5.74) is 3.90. The van der Waals surface area contributed by atoms with Crippen LogP contribution in [0.2, 0.25) is 0 Å². The van der Waals surface area contributed by atoms with Crippen molar-refractivity contribution >= 4 is 17.2 Å². The lowest BCUT2D eigenvalue weighted by Gasteiger charge is -2.26. The number of nitrogens with one attached hydrogen (secondary N) is 1. The van der Waals surface area contributed by atoms with Crippen molar-refractivity contribution in [2.75, 3.05) is 44.8 Å². The first-order valence-electron chi connectivity index (χ1n) is 10.4. The van der Waals surface area contributed by atoms with Gasteiger partial charge in [-0.15, -0.1) is 0 Å². The monoisotopic (exact) mass is 408 g/mol. The number of benzene rings is 1. The number of morpholine rings is 1. The van der Waals surface area contributed by atoms with Gasteiger partial charge in [0.1, 0.15) is 11.4 Å². The third-order valence-electron chi connectivity index (χ3n) is 5.29. The molecule has 1 N–H and O–H groups in total. The van der Waals surface area contributed by atoms with Crippen molar-refractivity contribution in [1.29, 1.82) is 0 Å². The van der Waals surface area contributed by atoms with Gasteiger partial charge in [0.25, 0.3) is 5.91 Å². The van der Waals surface area contributed by atoms with Crippen molar-refractivity contribution in [3.63, 3.8) is 0 Å². The minimum Gasteiger partial charge on any atom is -0.494 e. The number of fused-ring (bicyclic) bond motifs is 1. The molecule has 1 aliphatic heterocycles. The second kappa shape index (κ2) is 9.28. The van der Waals surface area contributed by atoms with Gasteiger partial charge in [-0.3, -0.25) is 9.69 Å². The highest BCUT2D eigenvalue weighted by Gasteiger charge is 2.14. The molecule has 0 aliphatic carbocycles. The van der Waals surface area contributed by atoms with Gasteiger partial charge < -0.3 is 19.2 Å². The largest absolute Gasteiger partial charge is 0.494 e. The topological polar surface area (TPSA) is 68.1 Å². The van der Waals surface area contributed by atoms with Crippen molar-refractivity contribution in [1.82, 2.24) is 14.3 Å². The molecule has 0 unspecified atom stereocenters. The Balaban J connectivity index is 1.30. The van der Waals surface area contributed by atoms with Crippen LogP contribution in [0, 0.1) is 13.8 Å². The van der Waals surface area contributed by atoms with Crippen molar-refractivity contribution in [2.24, 2.45) is 0 Å². The Bertz CT molecular complexity index is 1010. The van der Waals surface area contributed by atoms with Crippen LogP contribution >= 0.6 is 0 Å². The number of rotatable bonds is 7. The van der Waals surface area contributed by atoms with Crippen molar-refractivity contribution in [3.05, 3.63) is 59.5 Å². The highest BCUT2D eigenvalue weighted by atomic mass is 16.5. The predicted molar refractivity (Wildman–Crippen MR) is 116 cm³/mol. The van der Waals surface area contributed by atoms with Gasteiger partial charge in [-0.05, 0) is 56.7 Å². The van der Waals surface area contributed by atoms with E-state index in [0.29, 0.717) is 17.8 Å². The maximum absolute atomic E-state index is 12.7.